The molecule has 1 heterocycles. The zero-order valence-corrected chi connectivity index (χ0v) is 15.0. The van der Waals surface area contributed by atoms with Gasteiger partial charge in [-0.2, -0.15) is 5.26 Å². The fourth-order valence-corrected chi connectivity index (χ4v) is 5.32. The van der Waals surface area contributed by atoms with Crippen molar-refractivity contribution in [3.05, 3.63) is 29.8 Å². The third-order valence-corrected chi connectivity index (χ3v) is 6.53. The number of esters is 1. The number of nitriles is 1. The summed E-state index contributed by atoms with van der Waals surface area (Å²) in [6.07, 6.45) is 4.56. The van der Waals surface area contributed by atoms with E-state index in [2.05, 4.69) is 5.32 Å². The number of nitrogens with zero attached hydrogens (tertiary/aromatic N) is 1. The standard InChI is InChI=1S/C17H20N2O3S2/c18-11-13-4-3-5-14(10-13)19-16(20)12-22-17(21)7-2-1-6-15-8-9-23-24-15/h3-5,10,15H,1-2,6-9,12H2,(H,19,20)/t15-/m1/s1. The van der Waals surface area contributed by atoms with Gasteiger partial charge in [0.05, 0.1) is 11.6 Å². The average Bonchev–Trinajstić information content (AvgIpc) is 3.10. The van der Waals surface area contributed by atoms with E-state index in [4.69, 9.17) is 10.00 Å². The summed E-state index contributed by atoms with van der Waals surface area (Å²) in [6, 6.07) is 8.58. The minimum absolute atomic E-state index is 0.301. The van der Waals surface area contributed by atoms with Crippen LogP contribution in [0.25, 0.3) is 0 Å². The Bertz CT molecular complexity index is 610. The van der Waals surface area contributed by atoms with Crippen molar-refractivity contribution in [3.63, 3.8) is 0 Å². The topological polar surface area (TPSA) is 79.2 Å². The van der Waals surface area contributed by atoms with Crippen molar-refractivity contribution in [3.8, 4) is 6.07 Å². The molecule has 1 aliphatic rings. The quantitative estimate of drug-likeness (QED) is 0.430. The van der Waals surface area contributed by atoms with Crippen LogP contribution in [0.15, 0.2) is 24.3 Å². The first-order chi connectivity index (χ1) is 11.7. The number of carbonyl (C=O) groups excluding carboxylic acids is 2. The summed E-state index contributed by atoms with van der Waals surface area (Å²) in [5.74, 6) is 0.478. The lowest BCUT2D eigenvalue weighted by Crippen LogP contribution is -2.20. The van der Waals surface area contributed by atoms with Gasteiger partial charge in [0, 0.05) is 23.1 Å². The number of hydrogen-bond donors (Lipinski definition) is 1. The molecule has 7 heteroatoms. The second-order valence-electron chi connectivity index (χ2n) is 5.48. The number of rotatable bonds is 8. The van der Waals surface area contributed by atoms with Gasteiger partial charge in [0.1, 0.15) is 0 Å². The highest BCUT2D eigenvalue weighted by Crippen LogP contribution is 2.39. The SMILES string of the molecule is N#Cc1cccc(NC(=O)COC(=O)CCCC[C@@H]2CCSS2)c1. The van der Waals surface area contributed by atoms with E-state index in [1.165, 1.54) is 12.2 Å². The van der Waals surface area contributed by atoms with E-state index in [9.17, 15) is 9.59 Å². The first-order valence-corrected chi connectivity index (χ1v) is 10.3. The van der Waals surface area contributed by atoms with Crippen LogP contribution in [-0.2, 0) is 14.3 Å². The zero-order valence-electron chi connectivity index (χ0n) is 13.3. The van der Waals surface area contributed by atoms with Crippen LogP contribution in [0, 0.1) is 11.3 Å². The second-order valence-corrected chi connectivity index (χ2v) is 8.26. The highest BCUT2D eigenvalue weighted by atomic mass is 33.1. The van der Waals surface area contributed by atoms with Crippen LogP contribution in [-0.4, -0.2) is 29.5 Å². The molecule has 0 unspecified atom stereocenters. The summed E-state index contributed by atoms with van der Waals surface area (Å²) >= 11 is 0. The Morgan fingerprint density at radius 3 is 3.00 bits per heavy atom. The lowest BCUT2D eigenvalue weighted by Gasteiger charge is -2.08. The number of amides is 1. The Kier molecular flexibility index (Phi) is 7.99. The molecular weight excluding hydrogens is 344 g/mol. The van der Waals surface area contributed by atoms with Gasteiger partial charge in [0.15, 0.2) is 6.61 Å². The van der Waals surface area contributed by atoms with Gasteiger partial charge in [-0.25, -0.2) is 0 Å². The summed E-state index contributed by atoms with van der Waals surface area (Å²) < 4.78 is 4.98. The maximum absolute atomic E-state index is 11.7. The minimum atomic E-state index is -0.405. The molecule has 128 valence electrons. The normalized spacial score (nSPS) is 16.4. The van der Waals surface area contributed by atoms with E-state index in [1.807, 2.05) is 27.7 Å². The number of benzene rings is 1. The Labute approximate surface area is 149 Å². The molecule has 0 bridgehead atoms. The second kappa shape index (κ2) is 10.3. The van der Waals surface area contributed by atoms with E-state index in [0.717, 1.165) is 24.5 Å². The molecule has 1 amide bonds. The first-order valence-electron chi connectivity index (χ1n) is 7.91. The van der Waals surface area contributed by atoms with Crippen molar-refractivity contribution in [1.29, 1.82) is 5.26 Å². The largest absolute Gasteiger partial charge is 0.456 e. The van der Waals surface area contributed by atoms with Crippen LogP contribution in [0.3, 0.4) is 0 Å². The molecule has 0 spiro atoms. The average molecular weight is 364 g/mol. The third kappa shape index (κ3) is 6.85. The Morgan fingerprint density at radius 2 is 2.25 bits per heavy atom. The summed E-state index contributed by atoms with van der Waals surface area (Å²) in [6.45, 7) is -0.301. The molecule has 1 N–H and O–H groups in total. The third-order valence-electron chi connectivity index (χ3n) is 3.52. The van der Waals surface area contributed by atoms with E-state index in [0.29, 0.717) is 17.7 Å². The van der Waals surface area contributed by atoms with Crippen LogP contribution in [0.2, 0.25) is 0 Å². The molecule has 0 aliphatic carbocycles. The lowest BCUT2D eigenvalue weighted by molar-refractivity contribution is -0.147. The molecule has 0 radical (unpaired) electrons. The molecule has 0 aromatic heterocycles. The molecule has 1 aromatic rings. The minimum Gasteiger partial charge on any atom is -0.456 e. The number of ether oxygens (including phenoxy) is 1. The Balaban J connectivity index is 1.58. The summed E-state index contributed by atoms with van der Waals surface area (Å²) in [5.41, 5.74) is 0.977. The van der Waals surface area contributed by atoms with Crippen LogP contribution in [0.4, 0.5) is 5.69 Å². The zero-order chi connectivity index (χ0) is 17.2. The van der Waals surface area contributed by atoms with E-state index >= 15 is 0 Å². The van der Waals surface area contributed by atoms with Crippen LogP contribution < -0.4 is 5.32 Å². The summed E-state index contributed by atoms with van der Waals surface area (Å²) in [7, 11) is 3.87. The van der Waals surface area contributed by atoms with Gasteiger partial charge < -0.3 is 10.1 Å². The fraction of sp³-hybridized carbons (Fsp3) is 0.471. The van der Waals surface area contributed by atoms with Gasteiger partial charge in [-0.3, -0.25) is 9.59 Å². The fourth-order valence-electron chi connectivity index (χ4n) is 2.29. The molecule has 2 rings (SSSR count). The van der Waals surface area contributed by atoms with Crippen molar-refractivity contribution in [2.24, 2.45) is 0 Å². The maximum Gasteiger partial charge on any atom is 0.306 e. The van der Waals surface area contributed by atoms with Crippen molar-refractivity contribution in [2.45, 2.75) is 37.4 Å². The van der Waals surface area contributed by atoms with Gasteiger partial charge in [-0.15, -0.1) is 0 Å². The number of nitrogens with one attached hydrogen (secondary N) is 1. The van der Waals surface area contributed by atoms with Gasteiger partial charge in [0.25, 0.3) is 5.91 Å². The molecule has 1 aliphatic heterocycles. The van der Waals surface area contributed by atoms with E-state index < -0.39 is 5.91 Å². The van der Waals surface area contributed by atoms with Gasteiger partial charge in [-0.1, -0.05) is 34.1 Å². The number of anilines is 1. The number of carbonyl (C=O) groups is 2. The molecule has 0 saturated carbocycles. The van der Waals surface area contributed by atoms with Gasteiger partial charge in [0.2, 0.25) is 0 Å². The first kappa shape index (κ1) is 18.7. The van der Waals surface area contributed by atoms with Crippen molar-refractivity contribution in [2.75, 3.05) is 17.7 Å². The maximum atomic E-state index is 11.7. The molecular formula is C17H20N2O3S2. The lowest BCUT2D eigenvalue weighted by atomic mass is 10.1. The highest BCUT2D eigenvalue weighted by Gasteiger charge is 2.16. The van der Waals surface area contributed by atoms with Crippen molar-refractivity contribution >= 4 is 39.2 Å². The number of hydrogen-bond acceptors (Lipinski definition) is 6. The highest BCUT2D eigenvalue weighted by molar-refractivity contribution is 8.77. The Morgan fingerprint density at radius 1 is 1.38 bits per heavy atom. The molecule has 1 fully saturated rings. The molecule has 1 aromatic carbocycles. The van der Waals surface area contributed by atoms with Crippen LogP contribution >= 0.6 is 21.6 Å². The monoisotopic (exact) mass is 364 g/mol. The Hall–Kier alpha value is -1.65. The molecule has 24 heavy (non-hydrogen) atoms. The van der Waals surface area contributed by atoms with E-state index in [-0.39, 0.29) is 12.6 Å². The molecule has 1 saturated heterocycles. The van der Waals surface area contributed by atoms with Gasteiger partial charge >= 0.3 is 5.97 Å². The predicted molar refractivity (Wildman–Crippen MR) is 97.7 cm³/mol. The predicted octanol–water partition coefficient (Wildman–Crippen LogP) is 3.75. The van der Waals surface area contributed by atoms with Crippen molar-refractivity contribution in [1.82, 2.24) is 0 Å². The van der Waals surface area contributed by atoms with E-state index in [1.54, 1.807) is 24.3 Å². The summed E-state index contributed by atoms with van der Waals surface area (Å²) in [4.78, 5) is 23.4. The van der Waals surface area contributed by atoms with Gasteiger partial charge in [-0.05, 0) is 37.5 Å². The van der Waals surface area contributed by atoms with Crippen LogP contribution in [0.1, 0.15) is 37.7 Å². The molecule has 1 atom stereocenters. The summed E-state index contributed by atoms with van der Waals surface area (Å²) in [5, 5.41) is 12.1. The number of unbranched alkanes of at least 4 members (excludes halogenated alkanes) is 1. The molecule has 5 nitrogen and oxygen atoms in total. The van der Waals surface area contributed by atoms with Crippen LogP contribution in [0.5, 0.6) is 0 Å². The van der Waals surface area contributed by atoms with Crippen molar-refractivity contribution < 1.29 is 14.3 Å². The smallest absolute Gasteiger partial charge is 0.306 e.